The molecule has 0 saturated heterocycles. The number of benzene rings is 1. The van der Waals surface area contributed by atoms with Crippen molar-refractivity contribution < 1.29 is 18.8 Å². The Morgan fingerprint density at radius 1 is 1.32 bits per heavy atom. The van der Waals surface area contributed by atoms with E-state index in [0.29, 0.717) is 28.0 Å². The number of pyridine rings is 2. The molecule has 0 fully saturated rings. The number of ether oxygens (including phenoxy) is 1. The van der Waals surface area contributed by atoms with Gasteiger partial charge < -0.3 is 14.4 Å². The van der Waals surface area contributed by atoms with E-state index in [1.807, 2.05) is 18.2 Å². The molecule has 28 heavy (non-hydrogen) atoms. The topological polar surface area (TPSA) is 81.4 Å². The van der Waals surface area contributed by atoms with Crippen LogP contribution >= 0.6 is 0 Å². The Balaban J connectivity index is 1.82. The van der Waals surface area contributed by atoms with Gasteiger partial charge in [-0.1, -0.05) is 32.0 Å². The SMILES string of the molecule is [2H]C([2H])([2H])Cc1c2c(nc3ccccc13)-c1cc3c(c(=O)n1C2)COC(=O)[C@]3(O)CC. The second-order valence-electron chi connectivity index (χ2n) is 7.21. The van der Waals surface area contributed by atoms with Crippen molar-refractivity contribution in [3.05, 3.63) is 62.9 Å². The first-order valence-electron chi connectivity index (χ1n) is 10.7. The van der Waals surface area contributed by atoms with Gasteiger partial charge in [0.05, 0.1) is 29.0 Å². The summed E-state index contributed by atoms with van der Waals surface area (Å²) >= 11 is 0. The van der Waals surface area contributed by atoms with E-state index in [2.05, 4.69) is 0 Å². The first-order chi connectivity index (χ1) is 14.6. The lowest BCUT2D eigenvalue weighted by molar-refractivity contribution is -0.172. The van der Waals surface area contributed by atoms with Crippen molar-refractivity contribution >= 4 is 16.9 Å². The number of aryl methyl sites for hydroxylation is 1. The maximum Gasteiger partial charge on any atom is 0.343 e. The fourth-order valence-electron chi connectivity index (χ4n) is 4.31. The minimum absolute atomic E-state index is 0.0596. The Labute approximate surface area is 165 Å². The van der Waals surface area contributed by atoms with E-state index in [1.54, 1.807) is 19.1 Å². The van der Waals surface area contributed by atoms with E-state index in [1.165, 1.54) is 4.57 Å². The highest BCUT2D eigenvalue weighted by molar-refractivity contribution is 5.89. The third kappa shape index (κ3) is 2.04. The molecule has 0 aliphatic carbocycles. The molecule has 0 amide bonds. The molecule has 3 aromatic rings. The number of aromatic nitrogens is 2. The maximum atomic E-state index is 13.3. The summed E-state index contributed by atoms with van der Waals surface area (Å²) in [6.07, 6.45) is -0.0919. The quantitative estimate of drug-likeness (QED) is 0.542. The van der Waals surface area contributed by atoms with Gasteiger partial charge in [-0.15, -0.1) is 0 Å². The van der Waals surface area contributed by atoms with Crippen LogP contribution in [0, 0.1) is 0 Å². The van der Waals surface area contributed by atoms with Crippen molar-refractivity contribution in [2.45, 2.75) is 45.4 Å². The molecular formula is C22H20N2O4. The van der Waals surface area contributed by atoms with Crippen molar-refractivity contribution in [3.8, 4) is 11.4 Å². The highest BCUT2D eigenvalue weighted by Gasteiger charge is 2.45. The van der Waals surface area contributed by atoms with Crippen molar-refractivity contribution in [1.82, 2.24) is 9.55 Å². The number of carbonyl (C=O) groups excluding carboxylic acids is 1. The summed E-state index contributed by atoms with van der Waals surface area (Å²) in [4.78, 5) is 30.3. The fourth-order valence-corrected chi connectivity index (χ4v) is 4.31. The lowest BCUT2D eigenvalue weighted by Crippen LogP contribution is -2.44. The van der Waals surface area contributed by atoms with Crippen molar-refractivity contribution in [2.24, 2.45) is 0 Å². The third-order valence-electron chi connectivity index (χ3n) is 5.89. The average molecular weight is 379 g/mol. The van der Waals surface area contributed by atoms with Gasteiger partial charge in [-0.3, -0.25) is 4.79 Å². The second kappa shape index (κ2) is 5.75. The third-order valence-corrected chi connectivity index (χ3v) is 5.89. The van der Waals surface area contributed by atoms with Gasteiger partial charge in [-0.25, -0.2) is 9.78 Å². The number of rotatable bonds is 2. The smallest absolute Gasteiger partial charge is 0.343 e. The summed E-state index contributed by atoms with van der Waals surface area (Å²) < 4.78 is 30.0. The zero-order valence-corrected chi connectivity index (χ0v) is 15.3. The number of nitrogens with zero attached hydrogens (tertiary/aromatic N) is 2. The number of esters is 1. The molecule has 0 saturated carbocycles. The van der Waals surface area contributed by atoms with Crippen LogP contribution in [0.2, 0.25) is 0 Å². The molecule has 0 unspecified atom stereocenters. The molecule has 142 valence electrons. The van der Waals surface area contributed by atoms with Crippen molar-refractivity contribution in [3.63, 3.8) is 0 Å². The number of fused-ring (bicyclic) bond motifs is 5. The molecular weight excluding hydrogens is 356 g/mol. The molecule has 0 spiro atoms. The summed E-state index contributed by atoms with van der Waals surface area (Å²) in [7, 11) is 0. The number of aliphatic hydroxyl groups is 1. The van der Waals surface area contributed by atoms with E-state index in [0.717, 1.165) is 5.39 Å². The zero-order valence-electron chi connectivity index (χ0n) is 18.3. The highest BCUT2D eigenvalue weighted by atomic mass is 16.6. The standard InChI is InChI=1S/C22H20N2O4/c1-3-12-13-7-5-6-8-17(13)23-19-14(12)10-24-18(19)9-16-15(20(24)25)11-28-21(26)22(16,27)4-2/h5-9,27H,3-4,10-11H2,1-2H3/t22-/m0/s1/i1D3. The summed E-state index contributed by atoms with van der Waals surface area (Å²) in [6.45, 7) is -0.572. The maximum absolute atomic E-state index is 13.3. The van der Waals surface area contributed by atoms with Crippen LogP contribution in [0.4, 0.5) is 0 Å². The normalized spacial score (nSPS) is 21.9. The van der Waals surface area contributed by atoms with Crippen LogP contribution in [0.3, 0.4) is 0 Å². The summed E-state index contributed by atoms with van der Waals surface area (Å²) in [5, 5.41) is 11.7. The summed E-state index contributed by atoms with van der Waals surface area (Å²) in [5.74, 6) is -0.778. The van der Waals surface area contributed by atoms with Crippen LogP contribution in [0.5, 0.6) is 0 Å². The number of carbonyl (C=O) groups is 1. The Bertz CT molecular complexity index is 1330. The number of hydrogen-bond acceptors (Lipinski definition) is 5. The monoisotopic (exact) mass is 379 g/mol. The van der Waals surface area contributed by atoms with Crippen LogP contribution in [-0.4, -0.2) is 20.6 Å². The lowest BCUT2D eigenvalue weighted by atomic mass is 9.86. The van der Waals surface area contributed by atoms with Crippen molar-refractivity contribution in [1.29, 1.82) is 0 Å². The number of cyclic esters (lactones) is 1. The largest absolute Gasteiger partial charge is 0.458 e. The van der Waals surface area contributed by atoms with Crippen LogP contribution in [0.15, 0.2) is 35.1 Å². The van der Waals surface area contributed by atoms with Gasteiger partial charge >= 0.3 is 5.97 Å². The predicted octanol–water partition coefficient (Wildman–Crippen LogP) is 2.64. The first kappa shape index (κ1) is 14.1. The molecule has 6 nitrogen and oxygen atoms in total. The molecule has 1 N–H and O–H groups in total. The molecule has 0 bridgehead atoms. The highest BCUT2D eigenvalue weighted by Crippen LogP contribution is 2.40. The molecule has 0 radical (unpaired) electrons. The van der Waals surface area contributed by atoms with Crippen LogP contribution < -0.4 is 5.56 Å². The Hall–Kier alpha value is -2.99. The van der Waals surface area contributed by atoms with E-state index < -0.39 is 18.4 Å². The fraction of sp³-hybridized carbons (Fsp3) is 0.318. The van der Waals surface area contributed by atoms with Crippen LogP contribution in [-0.2, 0) is 34.7 Å². The van der Waals surface area contributed by atoms with E-state index in [4.69, 9.17) is 13.8 Å². The lowest BCUT2D eigenvalue weighted by Gasteiger charge is -2.31. The van der Waals surface area contributed by atoms with Gasteiger partial charge in [-0.05, 0) is 30.5 Å². The first-order valence-corrected chi connectivity index (χ1v) is 9.21. The van der Waals surface area contributed by atoms with Crippen LogP contribution in [0.1, 0.15) is 46.6 Å². The minimum Gasteiger partial charge on any atom is -0.458 e. The van der Waals surface area contributed by atoms with Gasteiger partial charge in [0, 0.05) is 20.6 Å². The van der Waals surface area contributed by atoms with E-state index in [9.17, 15) is 14.7 Å². The van der Waals surface area contributed by atoms with Gasteiger partial charge in [-0.2, -0.15) is 0 Å². The Morgan fingerprint density at radius 2 is 2.14 bits per heavy atom. The molecule has 5 rings (SSSR count). The number of hydrogen-bond donors (Lipinski definition) is 1. The number of para-hydroxylation sites is 1. The average Bonchev–Trinajstić information content (AvgIpc) is 3.09. The molecule has 1 atom stereocenters. The Morgan fingerprint density at radius 3 is 2.93 bits per heavy atom. The van der Waals surface area contributed by atoms with Gasteiger partial charge in [0.1, 0.15) is 6.61 Å². The summed E-state index contributed by atoms with van der Waals surface area (Å²) in [5.41, 5.74) is 1.14. The van der Waals surface area contributed by atoms with Gasteiger partial charge in [0.2, 0.25) is 0 Å². The van der Waals surface area contributed by atoms with E-state index >= 15 is 0 Å². The minimum atomic E-state index is -2.19. The molecule has 4 heterocycles. The van der Waals surface area contributed by atoms with Crippen LogP contribution in [0.25, 0.3) is 22.3 Å². The van der Waals surface area contributed by atoms with Crippen molar-refractivity contribution in [2.75, 3.05) is 0 Å². The molecule has 2 aromatic heterocycles. The Kier molecular flexibility index (Phi) is 2.89. The molecule has 2 aliphatic heterocycles. The van der Waals surface area contributed by atoms with Gasteiger partial charge in [0.15, 0.2) is 5.60 Å². The molecule has 1 aromatic carbocycles. The molecule has 2 aliphatic rings. The molecule has 6 heteroatoms. The second-order valence-corrected chi connectivity index (χ2v) is 7.21. The zero-order chi connectivity index (χ0) is 22.1. The van der Waals surface area contributed by atoms with Gasteiger partial charge in [0.25, 0.3) is 5.56 Å². The van der Waals surface area contributed by atoms with E-state index in [-0.39, 0.29) is 42.7 Å². The predicted molar refractivity (Wildman–Crippen MR) is 104 cm³/mol. The summed E-state index contributed by atoms with van der Waals surface area (Å²) in [6, 6.07) is 8.92.